The predicted molar refractivity (Wildman–Crippen MR) is 96.5 cm³/mol. The lowest BCUT2D eigenvalue weighted by Crippen LogP contribution is -2.52. The second-order valence-electron chi connectivity index (χ2n) is 9.46. The minimum absolute atomic E-state index is 0.0544. The summed E-state index contributed by atoms with van der Waals surface area (Å²) in [6.07, 6.45) is 11.4. The van der Waals surface area contributed by atoms with Crippen molar-refractivity contribution in [1.82, 2.24) is 0 Å². The van der Waals surface area contributed by atoms with Crippen LogP contribution in [0.1, 0.15) is 71.6 Å². The van der Waals surface area contributed by atoms with E-state index in [4.69, 9.17) is 0 Å². The Morgan fingerprint density at radius 2 is 2.00 bits per heavy atom. The quantitative estimate of drug-likeness (QED) is 0.738. The number of aliphatic hydroxyl groups is 1. The van der Waals surface area contributed by atoms with Crippen molar-refractivity contribution in [3.8, 4) is 0 Å². The zero-order valence-corrected chi connectivity index (χ0v) is 15.3. The summed E-state index contributed by atoms with van der Waals surface area (Å²) < 4.78 is 0. The van der Waals surface area contributed by atoms with E-state index in [0.717, 1.165) is 55.9 Å². The summed E-state index contributed by atoms with van der Waals surface area (Å²) in [5.74, 6) is 3.15. The van der Waals surface area contributed by atoms with E-state index < -0.39 is 5.60 Å². The highest BCUT2D eigenvalue weighted by atomic mass is 16.3. The van der Waals surface area contributed by atoms with Gasteiger partial charge in [0.2, 0.25) is 0 Å². The van der Waals surface area contributed by atoms with Gasteiger partial charge in [0.25, 0.3) is 0 Å². The van der Waals surface area contributed by atoms with Crippen LogP contribution in [0.15, 0.2) is 23.8 Å². The number of carbonyl (C=O) groups excluding carboxylic acids is 1. The van der Waals surface area contributed by atoms with Crippen LogP contribution >= 0.6 is 0 Å². The molecule has 24 heavy (non-hydrogen) atoms. The van der Waals surface area contributed by atoms with Crippen LogP contribution in [0.25, 0.3) is 0 Å². The van der Waals surface area contributed by atoms with Gasteiger partial charge in [0, 0.05) is 6.42 Å². The van der Waals surface area contributed by atoms with Crippen molar-refractivity contribution in [2.75, 3.05) is 0 Å². The fourth-order valence-electron chi connectivity index (χ4n) is 7.08. The van der Waals surface area contributed by atoms with Gasteiger partial charge in [-0.1, -0.05) is 18.1 Å². The summed E-state index contributed by atoms with van der Waals surface area (Å²) in [5.41, 5.74) is 2.07. The van der Waals surface area contributed by atoms with E-state index in [-0.39, 0.29) is 5.41 Å². The topological polar surface area (TPSA) is 37.3 Å². The summed E-state index contributed by atoms with van der Waals surface area (Å²) in [4.78, 5) is 11.8. The van der Waals surface area contributed by atoms with Crippen LogP contribution in [0.3, 0.4) is 0 Å². The highest BCUT2D eigenvalue weighted by molar-refractivity contribution is 5.91. The molecule has 2 nitrogen and oxygen atoms in total. The molecule has 0 radical (unpaired) electrons. The van der Waals surface area contributed by atoms with Crippen LogP contribution in [-0.4, -0.2) is 16.5 Å². The summed E-state index contributed by atoms with van der Waals surface area (Å²) in [7, 11) is 0. The van der Waals surface area contributed by atoms with Gasteiger partial charge in [-0.3, -0.25) is 4.79 Å². The average Bonchev–Trinajstić information content (AvgIpc) is 2.77. The molecule has 0 amide bonds. The first-order chi connectivity index (χ1) is 11.3. The summed E-state index contributed by atoms with van der Waals surface area (Å²) >= 11 is 0. The van der Waals surface area contributed by atoms with Crippen LogP contribution < -0.4 is 0 Å². The smallest absolute Gasteiger partial charge is 0.155 e. The first-order valence-electron chi connectivity index (χ1n) is 9.94. The Labute approximate surface area is 146 Å². The lowest BCUT2D eigenvalue weighted by Gasteiger charge is -2.55. The molecule has 4 aliphatic rings. The van der Waals surface area contributed by atoms with Gasteiger partial charge in [-0.15, -0.1) is 6.58 Å². The molecule has 0 spiro atoms. The van der Waals surface area contributed by atoms with Crippen molar-refractivity contribution in [2.45, 2.75) is 77.2 Å². The molecule has 132 valence electrons. The van der Waals surface area contributed by atoms with Gasteiger partial charge < -0.3 is 5.11 Å². The largest absolute Gasteiger partial charge is 0.389 e. The van der Waals surface area contributed by atoms with Crippen molar-refractivity contribution in [3.05, 3.63) is 23.8 Å². The number of rotatable bonds is 2. The van der Waals surface area contributed by atoms with E-state index in [9.17, 15) is 9.90 Å². The molecule has 0 saturated heterocycles. The van der Waals surface area contributed by atoms with E-state index in [1.165, 1.54) is 24.8 Å². The van der Waals surface area contributed by atoms with Crippen molar-refractivity contribution >= 4 is 5.78 Å². The van der Waals surface area contributed by atoms with Crippen LogP contribution in [-0.2, 0) is 4.79 Å². The standard InChI is InChI=1S/C22H32O2/c1-14(2)13-22(24)11-9-20-19-6-4-15-12-16(23)5-7-17(15)18(19)8-10-21(20,22)3/h12,17-20,24H,1,4-11,13H2,2-3H3/t17-,18+,19+,20-,21-,22+/m0/s1. The maximum Gasteiger partial charge on any atom is 0.155 e. The fourth-order valence-corrected chi connectivity index (χ4v) is 7.08. The molecule has 0 aromatic rings. The van der Waals surface area contributed by atoms with Gasteiger partial charge in [-0.25, -0.2) is 0 Å². The molecule has 4 aliphatic carbocycles. The summed E-state index contributed by atoms with van der Waals surface area (Å²) in [5, 5.41) is 11.5. The number of hydrogen-bond donors (Lipinski definition) is 1. The first kappa shape index (κ1) is 16.6. The van der Waals surface area contributed by atoms with E-state index in [1.54, 1.807) is 0 Å². The molecule has 0 unspecified atom stereocenters. The molecule has 1 N–H and O–H groups in total. The zero-order valence-electron chi connectivity index (χ0n) is 15.3. The van der Waals surface area contributed by atoms with E-state index in [1.807, 2.05) is 6.08 Å². The Kier molecular flexibility index (Phi) is 3.84. The molecule has 0 bridgehead atoms. The molecular formula is C22H32O2. The van der Waals surface area contributed by atoms with Gasteiger partial charge in [0.05, 0.1) is 5.60 Å². The highest BCUT2D eigenvalue weighted by Crippen LogP contribution is 2.65. The molecule has 6 atom stereocenters. The summed E-state index contributed by atoms with van der Waals surface area (Å²) in [6, 6.07) is 0. The maximum absolute atomic E-state index is 11.8. The molecule has 0 aromatic carbocycles. The van der Waals surface area contributed by atoms with Crippen molar-refractivity contribution in [3.63, 3.8) is 0 Å². The van der Waals surface area contributed by atoms with Gasteiger partial charge >= 0.3 is 0 Å². The SMILES string of the molecule is C=C(C)C[C@]1(O)CC[C@H]2[C@@H]3CCC4=CC(=O)CC[C@@H]4[C@H]3CC[C@@]21C. The van der Waals surface area contributed by atoms with Crippen LogP contribution in [0.5, 0.6) is 0 Å². The maximum atomic E-state index is 11.8. The van der Waals surface area contributed by atoms with E-state index >= 15 is 0 Å². The molecular weight excluding hydrogens is 296 g/mol. The van der Waals surface area contributed by atoms with Crippen molar-refractivity contribution in [1.29, 1.82) is 0 Å². The number of fused-ring (bicyclic) bond motifs is 5. The average molecular weight is 328 g/mol. The number of hydrogen-bond acceptors (Lipinski definition) is 2. The minimum Gasteiger partial charge on any atom is -0.389 e. The third-order valence-corrected chi connectivity index (χ3v) is 8.22. The molecule has 4 rings (SSSR count). The van der Waals surface area contributed by atoms with Crippen molar-refractivity contribution in [2.24, 2.45) is 29.1 Å². The monoisotopic (exact) mass is 328 g/mol. The van der Waals surface area contributed by atoms with Gasteiger partial charge in [0.15, 0.2) is 5.78 Å². The Bertz CT molecular complexity index is 603. The highest BCUT2D eigenvalue weighted by Gasteiger charge is 2.61. The lowest BCUT2D eigenvalue weighted by atomic mass is 9.50. The minimum atomic E-state index is -0.548. The zero-order chi connectivity index (χ0) is 17.1. The molecule has 3 saturated carbocycles. The Hall–Kier alpha value is -0.890. The Balaban J connectivity index is 1.61. The molecule has 2 heteroatoms. The number of ketones is 1. The molecule has 0 aromatic heterocycles. The van der Waals surface area contributed by atoms with Crippen molar-refractivity contribution < 1.29 is 9.90 Å². The third kappa shape index (κ3) is 2.29. The second kappa shape index (κ2) is 5.56. The Morgan fingerprint density at radius 1 is 1.21 bits per heavy atom. The predicted octanol–water partition coefficient (Wildman–Crippen LogP) is 4.83. The fraction of sp³-hybridized carbons (Fsp3) is 0.773. The van der Waals surface area contributed by atoms with Crippen LogP contribution in [0.2, 0.25) is 0 Å². The van der Waals surface area contributed by atoms with Gasteiger partial charge in [-0.2, -0.15) is 0 Å². The molecule has 0 heterocycles. The van der Waals surface area contributed by atoms with E-state index in [2.05, 4.69) is 20.4 Å². The van der Waals surface area contributed by atoms with Crippen LogP contribution in [0, 0.1) is 29.1 Å². The molecule has 0 aliphatic heterocycles. The first-order valence-corrected chi connectivity index (χ1v) is 9.94. The Morgan fingerprint density at radius 3 is 2.75 bits per heavy atom. The van der Waals surface area contributed by atoms with E-state index in [0.29, 0.717) is 17.6 Å². The normalized spacial score (nSPS) is 47.5. The molecule has 3 fully saturated rings. The lowest BCUT2D eigenvalue weighted by molar-refractivity contribution is -0.120. The number of allylic oxidation sites excluding steroid dienone is 1. The van der Waals surface area contributed by atoms with Gasteiger partial charge in [0.1, 0.15) is 0 Å². The van der Waals surface area contributed by atoms with Crippen LogP contribution in [0.4, 0.5) is 0 Å². The van der Waals surface area contributed by atoms with Gasteiger partial charge in [-0.05, 0) is 93.5 Å². The second-order valence-corrected chi connectivity index (χ2v) is 9.46. The summed E-state index contributed by atoms with van der Waals surface area (Å²) in [6.45, 7) is 8.49. The third-order valence-electron chi connectivity index (χ3n) is 8.22. The number of carbonyl (C=O) groups is 1.